The number of hydrogen-bond acceptors (Lipinski definition) is 3. The summed E-state index contributed by atoms with van der Waals surface area (Å²) in [5.74, 6) is 0.669. The molecule has 2 aliphatic heterocycles. The van der Waals surface area contributed by atoms with Crippen LogP contribution in [-0.4, -0.2) is 35.2 Å². The van der Waals surface area contributed by atoms with Gasteiger partial charge in [0, 0.05) is 38.0 Å². The fourth-order valence-corrected chi connectivity index (χ4v) is 3.62. The van der Waals surface area contributed by atoms with E-state index in [9.17, 15) is 9.50 Å². The Balaban J connectivity index is 1.37. The van der Waals surface area contributed by atoms with Gasteiger partial charge in [0.1, 0.15) is 17.2 Å². The summed E-state index contributed by atoms with van der Waals surface area (Å²) in [6, 6.07) is 14.2. The predicted molar refractivity (Wildman–Crippen MR) is 95.9 cm³/mol. The highest BCUT2D eigenvalue weighted by atomic mass is 19.1. The van der Waals surface area contributed by atoms with E-state index in [1.807, 2.05) is 18.2 Å². The van der Waals surface area contributed by atoms with Gasteiger partial charge >= 0.3 is 0 Å². The van der Waals surface area contributed by atoms with E-state index in [0.717, 1.165) is 42.8 Å². The third-order valence-corrected chi connectivity index (χ3v) is 5.19. The number of piperidine rings is 1. The lowest BCUT2D eigenvalue weighted by Crippen LogP contribution is -2.48. The molecule has 25 heavy (non-hydrogen) atoms. The van der Waals surface area contributed by atoms with Crippen molar-refractivity contribution in [3.05, 3.63) is 71.6 Å². The first-order valence-electron chi connectivity index (χ1n) is 8.77. The Labute approximate surface area is 147 Å². The number of halogens is 1. The summed E-state index contributed by atoms with van der Waals surface area (Å²) in [5.41, 5.74) is 1.65. The second kappa shape index (κ2) is 6.62. The van der Waals surface area contributed by atoms with E-state index in [-0.39, 0.29) is 11.4 Å². The van der Waals surface area contributed by atoms with Crippen LogP contribution in [0.2, 0.25) is 0 Å². The van der Waals surface area contributed by atoms with Gasteiger partial charge in [-0.2, -0.15) is 0 Å². The van der Waals surface area contributed by atoms with Crippen LogP contribution in [0.3, 0.4) is 0 Å². The van der Waals surface area contributed by atoms with Gasteiger partial charge in [-0.1, -0.05) is 36.4 Å². The molecule has 0 aliphatic carbocycles. The first-order chi connectivity index (χ1) is 12.1. The molecule has 0 aromatic heterocycles. The number of aliphatic hydroxyl groups excluding tert-OH is 1. The van der Waals surface area contributed by atoms with Gasteiger partial charge in [0.15, 0.2) is 0 Å². The molecule has 3 nitrogen and oxygen atoms in total. The molecule has 1 saturated heterocycles. The van der Waals surface area contributed by atoms with E-state index >= 15 is 0 Å². The maximum Gasteiger partial charge on any atom is 0.130 e. The average molecular weight is 339 g/mol. The molecule has 0 saturated carbocycles. The van der Waals surface area contributed by atoms with Crippen molar-refractivity contribution in [3.8, 4) is 5.75 Å². The van der Waals surface area contributed by atoms with Crippen molar-refractivity contribution in [1.29, 1.82) is 0 Å². The molecule has 1 unspecified atom stereocenters. The van der Waals surface area contributed by atoms with Crippen molar-refractivity contribution in [2.24, 2.45) is 0 Å². The Kier molecular flexibility index (Phi) is 4.32. The van der Waals surface area contributed by atoms with E-state index in [1.165, 1.54) is 12.1 Å². The highest BCUT2D eigenvalue weighted by molar-refractivity contribution is 5.60. The summed E-state index contributed by atoms with van der Waals surface area (Å²) < 4.78 is 19.3. The van der Waals surface area contributed by atoms with Crippen molar-refractivity contribution < 1.29 is 14.2 Å². The zero-order chi connectivity index (χ0) is 17.3. The van der Waals surface area contributed by atoms with Crippen LogP contribution >= 0.6 is 0 Å². The smallest absolute Gasteiger partial charge is 0.130 e. The summed E-state index contributed by atoms with van der Waals surface area (Å²) in [6.45, 7) is 2.29. The van der Waals surface area contributed by atoms with E-state index in [4.69, 9.17) is 4.74 Å². The first kappa shape index (κ1) is 16.3. The number of aliphatic hydroxyl groups is 1. The van der Waals surface area contributed by atoms with Gasteiger partial charge in [0.2, 0.25) is 0 Å². The van der Waals surface area contributed by atoms with E-state index in [2.05, 4.69) is 23.1 Å². The molecule has 130 valence electrons. The summed E-state index contributed by atoms with van der Waals surface area (Å²) in [7, 11) is 0. The Morgan fingerprint density at radius 2 is 1.80 bits per heavy atom. The number of fused-ring (bicyclic) bond motifs is 1. The highest BCUT2D eigenvalue weighted by Crippen LogP contribution is 2.37. The summed E-state index contributed by atoms with van der Waals surface area (Å²) in [4.78, 5) is 2.25. The minimum Gasteiger partial charge on any atom is -0.482 e. The molecule has 2 aromatic carbocycles. The molecular weight excluding hydrogens is 317 g/mol. The molecule has 1 fully saturated rings. The molecular formula is C21H22FNO2. The minimum absolute atomic E-state index is 0.230. The third-order valence-electron chi connectivity index (χ3n) is 5.19. The lowest BCUT2D eigenvalue weighted by atomic mass is 9.88. The zero-order valence-corrected chi connectivity index (χ0v) is 14.1. The summed E-state index contributed by atoms with van der Waals surface area (Å²) >= 11 is 0. The van der Waals surface area contributed by atoms with Crippen LogP contribution in [0.25, 0.3) is 6.08 Å². The molecule has 4 rings (SSSR count). The van der Waals surface area contributed by atoms with Crippen molar-refractivity contribution in [3.63, 3.8) is 0 Å². The predicted octanol–water partition coefficient (Wildman–Crippen LogP) is 3.80. The van der Waals surface area contributed by atoms with Gasteiger partial charge in [-0.25, -0.2) is 4.39 Å². The summed E-state index contributed by atoms with van der Waals surface area (Å²) in [6.07, 6.45) is 5.53. The quantitative estimate of drug-likeness (QED) is 0.923. The number of rotatable bonds is 3. The molecule has 1 spiro atoms. The number of likely N-dealkylation sites (tertiary alicyclic amines) is 1. The van der Waals surface area contributed by atoms with Gasteiger partial charge in [-0.15, -0.1) is 0 Å². The van der Waals surface area contributed by atoms with Gasteiger partial charge in [-0.3, -0.25) is 0 Å². The maximum atomic E-state index is 13.0. The zero-order valence-electron chi connectivity index (χ0n) is 14.1. The average Bonchev–Trinajstić information content (AvgIpc) is 2.64. The molecule has 4 heteroatoms. The number of nitrogens with zero attached hydrogens (tertiary/aromatic N) is 1. The van der Waals surface area contributed by atoms with Gasteiger partial charge in [-0.05, 0) is 29.8 Å². The Morgan fingerprint density at radius 3 is 2.56 bits per heavy atom. The molecule has 0 radical (unpaired) electrons. The van der Waals surface area contributed by atoms with Crippen LogP contribution in [0.1, 0.15) is 30.1 Å². The van der Waals surface area contributed by atoms with Crippen LogP contribution in [0.15, 0.2) is 54.6 Å². The molecule has 0 bridgehead atoms. The van der Waals surface area contributed by atoms with Gasteiger partial charge in [0.05, 0.1) is 6.10 Å². The van der Waals surface area contributed by atoms with Gasteiger partial charge in [0.25, 0.3) is 0 Å². The number of ether oxygens (including phenoxy) is 1. The minimum atomic E-state index is -0.599. The highest BCUT2D eigenvalue weighted by Gasteiger charge is 2.36. The Bertz CT molecular complexity index is 764. The molecule has 2 aliphatic rings. The van der Waals surface area contributed by atoms with Crippen LogP contribution in [0, 0.1) is 5.82 Å². The number of para-hydroxylation sites is 1. The molecule has 1 atom stereocenters. The van der Waals surface area contributed by atoms with Crippen LogP contribution in [0.5, 0.6) is 5.75 Å². The largest absolute Gasteiger partial charge is 0.482 e. The topological polar surface area (TPSA) is 32.7 Å². The number of β-amino-alcohol motifs (C(OH)–C–C–N with tert-alkyl or cyclic N) is 1. The van der Waals surface area contributed by atoms with Crippen molar-refractivity contribution >= 4 is 6.08 Å². The molecule has 2 heterocycles. The van der Waals surface area contributed by atoms with Crippen molar-refractivity contribution in [1.82, 2.24) is 4.90 Å². The van der Waals surface area contributed by atoms with Crippen molar-refractivity contribution in [2.75, 3.05) is 19.6 Å². The monoisotopic (exact) mass is 339 g/mol. The SMILES string of the molecule is OC(CN1CCC2(C=Cc3ccccc3O2)CC1)c1ccc(F)cc1. The lowest BCUT2D eigenvalue weighted by Gasteiger charge is -2.42. The normalized spacial score (nSPS) is 20.1. The van der Waals surface area contributed by atoms with Crippen LogP contribution < -0.4 is 4.74 Å². The third kappa shape index (κ3) is 3.46. The lowest BCUT2D eigenvalue weighted by molar-refractivity contribution is 0.0201. The number of benzene rings is 2. The van der Waals surface area contributed by atoms with Crippen LogP contribution in [-0.2, 0) is 0 Å². The van der Waals surface area contributed by atoms with E-state index < -0.39 is 6.10 Å². The maximum absolute atomic E-state index is 13.0. The summed E-state index contributed by atoms with van der Waals surface area (Å²) in [5, 5.41) is 10.4. The van der Waals surface area contributed by atoms with Crippen molar-refractivity contribution in [2.45, 2.75) is 24.5 Å². The second-order valence-corrected chi connectivity index (χ2v) is 6.91. The fourth-order valence-electron chi connectivity index (χ4n) is 3.62. The fraction of sp³-hybridized carbons (Fsp3) is 0.333. The molecule has 0 amide bonds. The second-order valence-electron chi connectivity index (χ2n) is 6.91. The molecule has 1 N–H and O–H groups in total. The van der Waals surface area contributed by atoms with Gasteiger partial charge < -0.3 is 14.7 Å². The van der Waals surface area contributed by atoms with E-state index in [1.54, 1.807) is 12.1 Å². The number of hydrogen-bond donors (Lipinski definition) is 1. The standard InChI is InChI=1S/C21H22FNO2/c22-18-7-5-16(6-8-18)19(24)15-23-13-11-21(12-14-23)10-9-17-3-1-2-4-20(17)25-21/h1-10,19,24H,11-15H2. The Morgan fingerprint density at radius 1 is 1.08 bits per heavy atom. The van der Waals surface area contributed by atoms with Crippen LogP contribution in [0.4, 0.5) is 4.39 Å². The van der Waals surface area contributed by atoms with E-state index in [0.29, 0.717) is 6.54 Å². The first-order valence-corrected chi connectivity index (χ1v) is 8.77. The molecule has 2 aromatic rings. The Hall–Kier alpha value is -2.17.